The summed E-state index contributed by atoms with van der Waals surface area (Å²) >= 11 is 0. The fourth-order valence-electron chi connectivity index (χ4n) is 3.78. The largest absolute Gasteiger partial charge is 0.494 e. The Kier molecular flexibility index (Phi) is 8.52. The molecular weight excluding hydrogens is 477 g/mol. The van der Waals surface area contributed by atoms with E-state index in [1.165, 1.54) is 18.2 Å². The summed E-state index contributed by atoms with van der Waals surface area (Å²) in [7, 11) is 0. The second-order valence-electron chi connectivity index (χ2n) is 8.24. The molecule has 0 saturated heterocycles. The monoisotopic (exact) mass is 504 g/mol. The van der Waals surface area contributed by atoms with E-state index in [1.54, 1.807) is 66.7 Å². The number of benzene rings is 4. The second kappa shape index (κ2) is 12.2. The van der Waals surface area contributed by atoms with Crippen molar-refractivity contribution in [3.05, 3.63) is 115 Å². The third kappa shape index (κ3) is 6.33. The Morgan fingerprint density at radius 3 is 2.00 bits per heavy atom. The minimum atomic E-state index is -0.950. The van der Waals surface area contributed by atoms with E-state index in [9.17, 15) is 13.2 Å². The molecule has 0 saturated carbocycles. The van der Waals surface area contributed by atoms with Gasteiger partial charge >= 0.3 is 0 Å². The minimum absolute atomic E-state index is 0.102. The lowest BCUT2D eigenvalue weighted by Crippen LogP contribution is -2.02. The van der Waals surface area contributed by atoms with E-state index in [-0.39, 0.29) is 23.5 Å². The number of ether oxygens (including phenoxy) is 3. The number of hydrogen-bond donors (Lipinski definition) is 0. The molecule has 3 nitrogen and oxygen atoms in total. The van der Waals surface area contributed by atoms with Crippen LogP contribution in [0.4, 0.5) is 13.2 Å². The normalized spacial score (nSPS) is 10.7. The predicted molar refractivity (Wildman–Crippen MR) is 139 cm³/mol. The first-order valence-electron chi connectivity index (χ1n) is 12.0. The quantitative estimate of drug-likeness (QED) is 0.152. The highest BCUT2D eigenvalue weighted by Crippen LogP contribution is 2.30. The van der Waals surface area contributed by atoms with E-state index in [0.717, 1.165) is 5.56 Å². The van der Waals surface area contributed by atoms with Crippen molar-refractivity contribution in [2.75, 3.05) is 13.2 Å². The fraction of sp³-hybridized carbons (Fsp3) is 0.161. The van der Waals surface area contributed by atoms with E-state index < -0.39 is 17.5 Å². The lowest BCUT2D eigenvalue weighted by Gasteiger charge is -2.12. The maximum Gasteiger partial charge on any atom is 0.167 e. The number of hydrogen-bond acceptors (Lipinski definition) is 3. The van der Waals surface area contributed by atoms with Gasteiger partial charge in [-0.3, -0.25) is 0 Å². The minimum Gasteiger partial charge on any atom is -0.494 e. The first kappa shape index (κ1) is 25.9. The Labute approximate surface area is 214 Å². The van der Waals surface area contributed by atoms with Crippen molar-refractivity contribution in [1.29, 1.82) is 0 Å². The molecule has 0 N–H and O–H groups in total. The molecule has 0 aliphatic rings. The van der Waals surface area contributed by atoms with Gasteiger partial charge < -0.3 is 14.2 Å². The molecule has 0 spiro atoms. The van der Waals surface area contributed by atoms with Gasteiger partial charge in [-0.15, -0.1) is 6.58 Å². The molecule has 4 aromatic carbocycles. The molecule has 0 bridgehead atoms. The molecule has 0 aromatic heterocycles. The molecule has 0 unspecified atom stereocenters. The maximum atomic E-state index is 14.8. The molecule has 4 aromatic rings. The van der Waals surface area contributed by atoms with Gasteiger partial charge in [0.25, 0.3) is 0 Å². The Hall–Kier alpha value is -4.19. The summed E-state index contributed by atoms with van der Waals surface area (Å²) in [6.07, 6.45) is 2.34. The second-order valence-corrected chi connectivity index (χ2v) is 8.24. The van der Waals surface area contributed by atoms with E-state index in [1.807, 2.05) is 6.92 Å². The van der Waals surface area contributed by atoms with Crippen LogP contribution in [0.3, 0.4) is 0 Å². The van der Waals surface area contributed by atoms with Crippen molar-refractivity contribution in [2.24, 2.45) is 0 Å². The van der Waals surface area contributed by atoms with Crippen LogP contribution in [0.15, 0.2) is 91.5 Å². The van der Waals surface area contributed by atoms with Crippen LogP contribution in [-0.4, -0.2) is 13.2 Å². The van der Waals surface area contributed by atoms with E-state index in [2.05, 4.69) is 6.58 Å². The highest BCUT2D eigenvalue weighted by Gasteiger charge is 2.15. The summed E-state index contributed by atoms with van der Waals surface area (Å²) < 4.78 is 60.4. The first-order chi connectivity index (χ1) is 18.0. The highest BCUT2D eigenvalue weighted by atomic mass is 19.2. The van der Waals surface area contributed by atoms with Gasteiger partial charge in [0, 0.05) is 11.1 Å². The van der Waals surface area contributed by atoms with Crippen LogP contribution in [0.1, 0.15) is 18.9 Å². The van der Waals surface area contributed by atoms with Crippen LogP contribution in [0.5, 0.6) is 17.2 Å². The average molecular weight is 505 g/mol. The average Bonchev–Trinajstić information content (AvgIpc) is 2.92. The van der Waals surface area contributed by atoms with Gasteiger partial charge in [0.15, 0.2) is 23.2 Å². The van der Waals surface area contributed by atoms with Crippen LogP contribution in [0.25, 0.3) is 22.3 Å². The summed E-state index contributed by atoms with van der Waals surface area (Å²) in [5, 5.41) is 0. The van der Waals surface area contributed by atoms with Crippen LogP contribution in [-0.2, 0) is 6.61 Å². The molecule has 0 amide bonds. The zero-order valence-electron chi connectivity index (χ0n) is 20.5. The van der Waals surface area contributed by atoms with Gasteiger partial charge in [0.05, 0.1) is 13.2 Å². The third-order valence-electron chi connectivity index (χ3n) is 5.73. The molecule has 0 atom stereocenters. The van der Waals surface area contributed by atoms with E-state index in [0.29, 0.717) is 42.3 Å². The van der Waals surface area contributed by atoms with Crippen molar-refractivity contribution >= 4 is 0 Å². The number of halogens is 3. The Morgan fingerprint density at radius 1 is 0.703 bits per heavy atom. The van der Waals surface area contributed by atoms with Crippen molar-refractivity contribution in [2.45, 2.75) is 20.0 Å². The van der Waals surface area contributed by atoms with Gasteiger partial charge in [-0.25, -0.2) is 13.2 Å². The summed E-state index contributed by atoms with van der Waals surface area (Å²) in [6, 6.07) is 21.6. The fourth-order valence-corrected chi connectivity index (χ4v) is 3.78. The third-order valence-corrected chi connectivity index (χ3v) is 5.73. The summed E-state index contributed by atoms with van der Waals surface area (Å²) in [6.45, 7) is 6.23. The topological polar surface area (TPSA) is 27.7 Å². The van der Waals surface area contributed by atoms with E-state index in [4.69, 9.17) is 14.2 Å². The van der Waals surface area contributed by atoms with E-state index >= 15 is 0 Å². The highest BCUT2D eigenvalue weighted by molar-refractivity contribution is 5.66. The smallest absolute Gasteiger partial charge is 0.167 e. The molecule has 0 radical (unpaired) electrons. The van der Waals surface area contributed by atoms with Crippen LogP contribution in [0, 0.1) is 17.5 Å². The zero-order valence-corrected chi connectivity index (χ0v) is 20.5. The Balaban J connectivity index is 1.41. The molecule has 0 heterocycles. The molecule has 190 valence electrons. The molecular formula is C31H27F3O3. The van der Waals surface area contributed by atoms with Gasteiger partial charge in [-0.2, -0.15) is 0 Å². The van der Waals surface area contributed by atoms with Crippen molar-refractivity contribution in [3.63, 3.8) is 0 Å². The number of rotatable bonds is 11. The lowest BCUT2D eigenvalue weighted by molar-refractivity contribution is 0.297. The molecule has 6 heteroatoms. The summed E-state index contributed by atoms with van der Waals surface area (Å²) in [5.41, 5.74) is 2.28. The summed E-state index contributed by atoms with van der Waals surface area (Å²) in [4.78, 5) is 0. The van der Waals surface area contributed by atoms with Crippen molar-refractivity contribution in [1.82, 2.24) is 0 Å². The van der Waals surface area contributed by atoms with Crippen LogP contribution in [0.2, 0.25) is 0 Å². The van der Waals surface area contributed by atoms with Gasteiger partial charge in [0.2, 0.25) is 0 Å². The zero-order chi connectivity index (χ0) is 26.2. The van der Waals surface area contributed by atoms with Crippen molar-refractivity contribution in [3.8, 4) is 39.5 Å². The predicted octanol–water partition coefficient (Wildman–Crippen LogP) is 8.37. The molecule has 37 heavy (non-hydrogen) atoms. The molecule has 4 rings (SSSR count). The molecule has 0 aliphatic heterocycles. The Bertz CT molecular complexity index is 1350. The first-order valence-corrected chi connectivity index (χ1v) is 12.0. The summed E-state index contributed by atoms with van der Waals surface area (Å²) in [5.74, 6) is -1.00. The lowest BCUT2D eigenvalue weighted by atomic mass is 10.0. The van der Waals surface area contributed by atoms with Gasteiger partial charge in [0.1, 0.15) is 18.1 Å². The van der Waals surface area contributed by atoms with Gasteiger partial charge in [-0.05, 0) is 66.4 Å². The molecule has 0 fully saturated rings. The maximum absolute atomic E-state index is 14.8. The van der Waals surface area contributed by atoms with Crippen molar-refractivity contribution < 1.29 is 27.4 Å². The van der Waals surface area contributed by atoms with Crippen LogP contribution >= 0.6 is 0 Å². The molecule has 0 aliphatic carbocycles. The van der Waals surface area contributed by atoms with Crippen LogP contribution < -0.4 is 14.2 Å². The standard InChI is InChI=1S/C31H27F3O3/c1-3-5-18-36-29-17-11-23(19-28(29)32)21-6-12-26(13-7-21)37-20-24-10-16-27(31(34)30(24)33)22-8-14-25(15-9-22)35-4-2/h3,6-17,19H,1,4-5,18,20H2,2H3. The van der Waals surface area contributed by atoms with Gasteiger partial charge in [-0.1, -0.05) is 48.5 Å². The SMILES string of the molecule is C=CCCOc1ccc(-c2ccc(OCc3ccc(-c4ccc(OCC)cc4)c(F)c3F)cc2)cc1F. The Morgan fingerprint density at radius 2 is 1.35 bits per heavy atom.